The summed E-state index contributed by atoms with van der Waals surface area (Å²) in [6.07, 6.45) is 1.81. The lowest BCUT2D eigenvalue weighted by atomic mass is 10.0. The van der Waals surface area contributed by atoms with Gasteiger partial charge < -0.3 is 14.6 Å². The smallest absolute Gasteiger partial charge is 0.287 e. The Morgan fingerprint density at radius 2 is 2.00 bits per heavy atom. The maximum Gasteiger partial charge on any atom is 0.287 e. The van der Waals surface area contributed by atoms with Crippen LogP contribution in [-0.4, -0.2) is 29.3 Å². The second-order valence-corrected chi connectivity index (χ2v) is 6.72. The van der Waals surface area contributed by atoms with Gasteiger partial charge in [-0.2, -0.15) is 0 Å². The lowest BCUT2D eigenvalue weighted by Crippen LogP contribution is -2.37. The number of hydrogen-bond acceptors (Lipinski definition) is 3. The molecule has 0 spiro atoms. The molecule has 1 aromatic heterocycles. The van der Waals surface area contributed by atoms with Crippen molar-refractivity contribution < 1.29 is 14.0 Å². The van der Waals surface area contributed by atoms with Crippen LogP contribution in [0.4, 0.5) is 0 Å². The van der Waals surface area contributed by atoms with E-state index in [1.54, 1.807) is 6.07 Å². The molecule has 1 N–H and O–H groups in total. The predicted molar refractivity (Wildman–Crippen MR) is 98.7 cm³/mol. The number of carbonyl (C=O) groups is 2. The lowest BCUT2D eigenvalue weighted by Gasteiger charge is -2.18. The Hall–Kier alpha value is -3.08. The Morgan fingerprint density at radius 1 is 1.19 bits per heavy atom. The summed E-state index contributed by atoms with van der Waals surface area (Å²) >= 11 is 0. The maximum atomic E-state index is 12.4. The summed E-state index contributed by atoms with van der Waals surface area (Å²) in [7, 11) is 0. The second-order valence-electron chi connectivity index (χ2n) is 6.72. The molecule has 2 amide bonds. The van der Waals surface area contributed by atoms with Crippen molar-refractivity contribution in [3.63, 3.8) is 0 Å². The molecule has 132 valence electrons. The van der Waals surface area contributed by atoms with Crippen LogP contribution in [0.5, 0.6) is 0 Å². The van der Waals surface area contributed by atoms with Gasteiger partial charge in [-0.25, -0.2) is 0 Å². The zero-order valence-corrected chi connectivity index (χ0v) is 14.6. The quantitative estimate of drug-likeness (QED) is 0.787. The van der Waals surface area contributed by atoms with Crippen LogP contribution in [0.25, 0.3) is 10.8 Å². The number of likely N-dealkylation sites (tertiary alicyclic amines) is 1. The topological polar surface area (TPSA) is 62.6 Å². The molecule has 1 saturated heterocycles. The molecule has 0 radical (unpaired) electrons. The molecule has 3 aromatic rings. The molecule has 2 heterocycles. The van der Waals surface area contributed by atoms with Crippen LogP contribution in [0.15, 0.2) is 59.2 Å². The Balaban J connectivity index is 1.46. The van der Waals surface area contributed by atoms with E-state index in [9.17, 15) is 9.59 Å². The van der Waals surface area contributed by atoms with Crippen LogP contribution in [0, 0.1) is 6.92 Å². The van der Waals surface area contributed by atoms with E-state index in [-0.39, 0.29) is 17.9 Å². The van der Waals surface area contributed by atoms with Crippen LogP contribution in [0.3, 0.4) is 0 Å². The Labute approximate surface area is 151 Å². The minimum Gasteiger partial charge on any atom is -0.459 e. The third-order valence-corrected chi connectivity index (χ3v) is 4.86. The summed E-state index contributed by atoms with van der Waals surface area (Å²) in [6.45, 7) is 2.88. The second kappa shape index (κ2) is 6.67. The van der Waals surface area contributed by atoms with Crippen molar-refractivity contribution in [2.75, 3.05) is 6.54 Å². The molecule has 26 heavy (non-hydrogen) atoms. The first-order valence-electron chi connectivity index (χ1n) is 8.71. The molecule has 4 rings (SSSR count). The van der Waals surface area contributed by atoms with Gasteiger partial charge in [-0.3, -0.25) is 9.59 Å². The highest BCUT2D eigenvalue weighted by Gasteiger charge is 2.31. The summed E-state index contributed by atoms with van der Waals surface area (Å²) in [5.41, 5.74) is 1.91. The first kappa shape index (κ1) is 16.4. The zero-order valence-electron chi connectivity index (χ0n) is 14.6. The summed E-state index contributed by atoms with van der Waals surface area (Å²) < 4.78 is 5.22. The van der Waals surface area contributed by atoms with Crippen molar-refractivity contribution in [2.45, 2.75) is 25.9 Å². The fraction of sp³-hybridized carbons (Fsp3) is 0.238. The van der Waals surface area contributed by atoms with E-state index in [0.717, 1.165) is 21.9 Å². The number of rotatable bonds is 4. The van der Waals surface area contributed by atoms with E-state index in [1.165, 1.54) is 6.26 Å². The number of hydrogen-bond donors (Lipinski definition) is 1. The lowest BCUT2D eigenvalue weighted by molar-refractivity contribution is -0.128. The number of amides is 2. The van der Waals surface area contributed by atoms with Crippen LogP contribution < -0.4 is 5.32 Å². The molecule has 2 aromatic carbocycles. The van der Waals surface area contributed by atoms with Gasteiger partial charge in [-0.15, -0.1) is 0 Å². The molecule has 0 aliphatic carbocycles. The van der Waals surface area contributed by atoms with E-state index in [2.05, 4.69) is 23.5 Å². The van der Waals surface area contributed by atoms with E-state index >= 15 is 0 Å². The summed E-state index contributed by atoms with van der Waals surface area (Å²) in [5.74, 6) is 0.0988. The third kappa shape index (κ3) is 3.08. The molecule has 1 aliphatic rings. The molecule has 1 aliphatic heterocycles. The molecule has 0 unspecified atom stereocenters. The summed E-state index contributed by atoms with van der Waals surface area (Å²) in [5, 5.41) is 5.23. The van der Waals surface area contributed by atoms with E-state index in [4.69, 9.17) is 4.42 Å². The number of furan rings is 1. The number of benzene rings is 2. The molecule has 1 fully saturated rings. The average Bonchev–Trinajstić information content (AvgIpc) is 3.21. The van der Waals surface area contributed by atoms with Gasteiger partial charge in [0.15, 0.2) is 5.76 Å². The molecular weight excluding hydrogens is 328 g/mol. The van der Waals surface area contributed by atoms with Crippen LogP contribution in [0.2, 0.25) is 0 Å². The number of nitrogens with zero attached hydrogens (tertiary/aromatic N) is 1. The predicted octanol–water partition coefficient (Wildman–Crippen LogP) is 3.27. The minimum atomic E-state index is -0.266. The minimum absolute atomic E-state index is 0.0550. The van der Waals surface area contributed by atoms with Crippen molar-refractivity contribution in [2.24, 2.45) is 0 Å². The molecule has 0 bridgehead atoms. The SMILES string of the molecule is Cc1ccoc1C(=O)N[C@@H]1CC(=O)N(Cc2cccc3ccccc23)C1. The zero-order chi connectivity index (χ0) is 18.1. The number of carbonyl (C=O) groups excluding carboxylic acids is 2. The molecule has 1 atom stereocenters. The van der Waals surface area contributed by atoms with Gasteiger partial charge in [-0.05, 0) is 29.3 Å². The average molecular weight is 348 g/mol. The van der Waals surface area contributed by atoms with Crippen molar-refractivity contribution in [3.05, 3.63) is 71.7 Å². The molecule has 0 saturated carbocycles. The fourth-order valence-corrected chi connectivity index (χ4v) is 3.51. The van der Waals surface area contributed by atoms with Gasteiger partial charge >= 0.3 is 0 Å². The monoisotopic (exact) mass is 348 g/mol. The Kier molecular flexibility index (Phi) is 4.21. The fourth-order valence-electron chi connectivity index (χ4n) is 3.51. The highest BCUT2D eigenvalue weighted by molar-refractivity contribution is 5.94. The van der Waals surface area contributed by atoms with Crippen molar-refractivity contribution in [3.8, 4) is 0 Å². The van der Waals surface area contributed by atoms with Gasteiger partial charge in [0.1, 0.15) is 0 Å². The summed E-state index contributed by atoms with van der Waals surface area (Å²) in [6, 6.07) is 15.8. The first-order chi connectivity index (χ1) is 12.6. The van der Waals surface area contributed by atoms with Gasteiger partial charge in [0.25, 0.3) is 5.91 Å². The maximum absolute atomic E-state index is 12.4. The van der Waals surface area contributed by atoms with Crippen LogP contribution in [-0.2, 0) is 11.3 Å². The van der Waals surface area contributed by atoms with Crippen molar-refractivity contribution in [1.29, 1.82) is 0 Å². The number of nitrogens with one attached hydrogen (secondary N) is 1. The van der Waals surface area contributed by atoms with Crippen LogP contribution >= 0.6 is 0 Å². The molecular formula is C21H20N2O3. The van der Waals surface area contributed by atoms with Crippen molar-refractivity contribution >= 4 is 22.6 Å². The molecule has 5 nitrogen and oxygen atoms in total. The first-order valence-corrected chi connectivity index (χ1v) is 8.71. The molecule has 5 heteroatoms. The van der Waals surface area contributed by atoms with Crippen LogP contribution in [0.1, 0.15) is 28.1 Å². The van der Waals surface area contributed by atoms with E-state index in [1.807, 2.05) is 36.1 Å². The Bertz CT molecular complexity index is 971. The van der Waals surface area contributed by atoms with E-state index in [0.29, 0.717) is 25.3 Å². The third-order valence-electron chi connectivity index (χ3n) is 4.86. The highest BCUT2D eigenvalue weighted by Crippen LogP contribution is 2.22. The van der Waals surface area contributed by atoms with Gasteiger partial charge in [0.2, 0.25) is 5.91 Å². The summed E-state index contributed by atoms with van der Waals surface area (Å²) in [4.78, 5) is 26.5. The number of aryl methyl sites for hydroxylation is 1. The van der Waals surface area contributed by atoms with E-state index < -0.39 is 0 Å². The Morgan fingerprint density at radius 3 is 2.81 bits per heavy atom. The van der Waals surface area contributed by atoms with Crippen molar-refractivity contribution in [1.82, 2.24) is 10.2 Å². The van der Waals surface area contributed by atoms with Gasteiger partial charge in [0, 0.05) is 25.1 Å². The standard InChI is InChI=1S/C21H20N2O3/c1-14-9-10-26-20(14)21(25)22-17-11-19(24)23(13-17)12-16-7-4-6-15-5-2-3-8-18(15)16/h2-10,17H,11-13H2,1H3,(H,22,25)/t17-/m1/s1. The largest absolute Gasteiger partial charge is 0.459 e. The highest BCUT2D eigenvalue weighted by atomic mass is 16.3. The van der Waals surface area contributed by atoms with Gasteiger partial charge in [-0.1, -0.05) is 42.5 Å². The normalized spacial score (nSPS) is 17.0. The van der Waals surface area contributed by atoms with Gasteiger partial charge in [0.05, 0.1) is 12.3 Å². The number of fused-ring (bicyclic) bond motifs is 1.